The SMILES string of the molecule is CCNC(=NCc1nnc2n1CCC2)NCC(C)c1ccc(C)cc1. The molecule has 0 fully saturated rings. The molecule has 1 unspecified atom stereocenters. The molecule has 0 bridgehead atoms. The third-order valence-electron chi connectivity index (χ3n) is 4.63. The van der Waals surface area contributed by atoms with Crippen molar-refractivity contribution in [3.63, 3.8) is 0 Å². The third kappa shape index (κ3) is 4.38. The number of nitrogens with one attached hydrogen (secondary N) is 2. The van der Waals surface area contributed by atoms with Crippen molar-refractivity contribution in [1.82, 2.24) is 25.4 Å². The van der Waals surface area contributed by atoms with Crippen molar-refractivity contribution < 1.29 is 0 Å². The van der Waals surface area contributed by atoms with Gasteiger partial charge in [-0.25, -0.2) is 4.99 Å². The zero-order chi connectivity index (χ0) is 17.6. The molecule has 2 N–H and O–H groups in total. The molecule has 134 valence electrons. The largest absolute Gasteiger partial charge is 0.357 e. The van der Waals surface area contributed by atoms with Gasteiger partial charge in [-0.05, 0) is 31.7 Å². The third-order valence-corrected chi connectivity index (χ3v) is 4.63. The van der Waals surface area contributed by atoms with Crippen molar-refractivity contribution in [2.24, 2.45) is 4.99 Å². The van der Waals surface area contributed by atoms with Crippen LogP contribution in [-0.4, -0.2) is 33.8 Å². The van der Waals surface area contributed by atoms with Gasteiger partial charge in [-0.15, -0.1) is 10.2 Å². The number of aryl methyl sites for hydroxylation is 2. The summed E-state index contributed by atoms with van der Waals surface area (Å²) in [5, 5.41) is 15.3. The van der Waals surface area contributed by atoms with Gasteiger partial charge in [0.1, 0.15) is 12.4 Å². The van der Waals surface area contributed by atoms with E-state index in [0.717, 1.165) is 50.1 Å². The van der Waals surface area contributed by atoms with E-state index in [-0.39, 0.29) is 0 Å². The van der Waals surface area contributed by atoms with Crippen LogP contribution in [0, 0.1) is 6.92 Å². The lowest BCUT2D eigenvalue weighted by molar-refractivity contribution is 0.676. The molecule has 3 rings (SSSR count). The summed E-state index contributed by atoms with van der Waals surface area (Å²) in [5.41, 5.74) is 2.63. The van der Waals surface area contributed by atoms with E-state index >= 15 is 0 Å². The monoisotopic (exact) mass is 340 g/mol. The van der Waals surface area contributed by atoms with Gasteiger partial charge in [-0.3, -0.25) is 0 Å². The van der Waals surface area contributed by atoms with Gasteiger partial charge >= 0.3 is 0 Å². The molecule has 2 aromatic rings. The normalized spacial score (nSPS) is 15.1. The first-order valence-corrected chi connectivity index (χ1v) is 9.17. The summed E-state index contributed by atoms with van der Waals surface area (Å²) in [6.07, 6.45) is 2.19. The minimum absolute atomic E-state index is 0.418. The van der Waals surface area contributed by atoms with E-state index in [1.807, 2.05) is 0 Å². The fraction of sp³-hybridized carbons (Fsp3) is 0.526. The van der Waals surface area contributed by atoms with Crippen LogP contribution in [0.25, 0.3) is 0 Å². The van der Waals surface area contributed by atoms with Crippen molar-refractivity contribution in [3.8, 4) is 0 Å². The van der Waals surface area contributed by atoms with Gasteiger partial charge in [-0.1, -0.05) is 36.8 Å². The molecule has 1 aromatic carbocycles. The van der Waals surface area contributed by atoms with Gasteiger partial charge in [0.25, 0.3) is 0 Å². The first kappa shape index (κ1) is 17.5. The summed E-state index contributed by atoms with van der Waals surface area (Å²) in [6, 6.07) is 8.73. The van der Waals surface area contributed by atoms with Crippen LogP contribution in [-0.2, 0) is 19.5 Å². The fourth-order valence-electron chi connectivity index (χ4n) is 3.08. The molecule has 0 spiro atoms. The molecule has 25 heavy (non-hydrogen) atoms. The summed E-state index contributed by atoms with van der Waals surface area (Å²) in [6.45, 7) is 9.67. The average molecular weight is 340 g/mol. The number of benzene rings is 1. The van der Waals surface area contributed by atoms with Gasteiger partial charge in [0, 0.05) is 26.1 Å². The highest BCUT2D eigenvalue weighted by molar-refractivity contribution is 5.79. The molecule has 1 aliphatic rings. The summed E-state index contributed by atoms with van der Waals surface area (Å²) in [4.78, 5) is 4.68. The van der Waals surface area contributed by atoms with E-state index in [1.54, 1.807) is 0 Å². The van der Waals surface area contributed by atoms with E-state index < -0.39 is 0 Å². The van der Waals surface area contributed by atoms with Crippen molar-refractivity contribution >= 4 is 5.96 Å². The number of rotatable bonds is 6. The van der Waals surface area contributed by atoms with Crippen LogP contribution in [0.1, 0.15) is 49.0 Å². The number of aliphatic imine (C=N–C) groups is 1. The number of aromatic nitrogens is 3. The van der Waals surface area contributed by atoms with Crippen molar-refractivity contribution in [2.75, 3.05) is 13.1 Å². The fourth-order valence-corrected chi connectivity index (χ4v) is 3.08. The molecular weight excluding hydrogens is 312 g/mol. The summed E-state index contributed by atoms with van der Waals surface area (Å²) in [5.74, 6) is 3.30. The molecule has 0 aliphatic carbocycles. The van der Waals surface area contributed by atoms with E-state index in [4.69, 9.17) is 0 Å². The molecule has 2 heterocycles. The summed E-state index contributed by atoms with van der Waals surface area (Å²) in [7, 11) is 0. The maximum Gasteiger partial charge on any atom is 0.191 e. The first-order chi connectivity index (χ1) is 12.2. The lowest BCUT2D eigenvalue weighted by atomic mass is 10.0. The van der Waals surface area contributed by atoms with E-state index in [0.29, 0.717) is 12.5 Å². The van der Waals surface area contributed by atoms with Crippen LogP contribution < -0.4 is 10.6 Å². The minimum atomic E-state index is 0.418. The number of hydrogen-bond donors (Lipinski definition) is 2. The predicted molar refractivity (Wildman–Crippen MR) is 101 cm³/mol. The highest BCUT2D eigenvalue weighted by Crippen LogP contribution is 2.15. The van der Waals surface area contributed by atoms with Crippen LogP contribution in [0.5, 0.6) is 0 Å². The zero-order valence-corrected chi connectivity index (χ0v) is 15.4. The molecule has 1 aromatic heterocycles. The van der Waals surface area contributed by atoms with Crippen LogP contribution in [0.2, 0.25) is 0 Å². The van der Waals surface area contributed by atoms with Crippen LogP contribution in [0.15, 0.2) is 29.3 Å². The second-order valence-corrected chi connectivity index (χ2v) is 6.68. The second kappa shape index (κ2) is 8.14. The maximum atomic E-state index is 4.68. The van der Waals surface area contributed by atoms with Crippen LogP contribution in [0.3, 0.4) is 0 Å². The first-order valence-electron chi connectivity index (χ1n) is 9.17. The van der Waals surface area contributed by atoms with Gasteiger partial charge in [0.2, 0.25) is 0 Å². The van der Waals surface area contributed by atoms with E-state index in [2.05, 4.69) is 75.4 Å². The Morgan fingerprint density at radius 3 is 2.80 bits per heavy atom. The van der Waals surface area contributed by atoms with Gasteiger partial charge in [0.15, 0.2) is 11.8 Å². The summed E-state index contributed by atoms with van der Waals surface area (Å²) >= 11 is 0. The van der Waals surface area contributed by atoms with E-state index in [9.17, 15) is 0 Å². The Labute approximate surface area is 149 Å². The molecule has 1 aliphatic heterocycles. The Kier molecular flexibility index (Phi) is 5.68. The molecule has 0 saturated carbocycles. The van der Waals surface area contributed by atoms with Crippen molar-refractivity contribution in [1.29, 1.82) is 0 Å². The predicted octanol–water partition coefficient (Wildman–Crippen LogP) is 2.39. The lowest BCUT2D eigenvalue weighted by Gasteiger charge is -2.16. The lowest BCUT2D eigenvalue weighted by Crippen LogP contribution is -2.39. The van der Waals surface area contributed by atoms with Gasteiger partial charge in [-0.2, -0.15) is 0 Å². The average Bonchev–Trinajstić information content (AvgIpc) is 3.22. The summed E-state index contributed by atoms with van der Waals surface area (Å²) < 4.78 is 2.20. The smallest absolute Gasteiger partial charge is 0.191 e. The quantitative estimate of drug-likeness (QED) is 0.626. The Hall–Kier alpha value is -2.37. The Morgan fingerprint density at radius 2 is 2.04 bits per heavy atom. The number of nitrogens with zero attached hydrogens (tertiary/aromatic N) is 4. The second-order valence-electron chi connectivity index (χ2n) is 6.68. The minimum Gasteiger partial charge on any atom is -0.357 e. The molecule has 1 atom stereocenters. The molecule has 0 saturated heterocycles. The molecule has 6 nitrogen and oxygen atoms in total. The van der Waals surface area contributed by atoms with Crippen molar-refractivity contribution in [2.45, 2.75) is 52.6 Å². The van der Waals surface area contributed by atoms with Crippen LogP contribution in [0.4, 0.5) is 0 Å². The number of guanidine groups is 1. The van der Waals surface area contributed by atoms with E-state index in [1.165, 1.54) is 11.1 Å². The molecule has 0 amide bonds. The van der Waals surface area contributed by atoms with Gasteiger partial charge in [0.05, 0.1) is 0 Å². The number of fused-ring (bicyclic) bond motifs is 1. The maximum absolute atomic E-state index is 4.68. The Bertz CT molecular complexity index is 716. The number of hydrogen-bond acceptors (Lipinski definition) is 3. The van der Waals surface area contributed by atoms with Crippen LogP contribution >= 0.6 is 0 Å². The highest BCUT2D eigenvalue weighted by atomic mass is 15.3. The Balaban J connectivity index is 1.59. The Morgan fingerprint density at radius 1 is 1.24 bits per heavy atom. The van der Waals surface area contributed by atoms with Gasteiger partial charge < -0.3 is 15.2 Å². The zero-order valence-electron chi connectivity index (χ0n) is 15.4. The standard InChI is InChI=1S/C19H28N6/c1-4-20-19(21-12-15(3)16-9-7-14(2)8-10-16)22-13-18-24-23-17-6-5-11-25(17)18/h7-10,15H,4-6,11-13H2,1-3H3,(H2,20,21,22). The van der Waals surface area contributed by atoms with Crippen molar-refractivity contribution in [3.05, 3.63) is 47.0 Å². The molecular formula is C19H28N6. The highest BCUT2D eigenvalue weighted by Gasteiger charge is 2.16. The molecule has 6 heteroatoms. The molecule has 0 radical (unpaired) electrons. The topological polar surface area (TPSA) is 67.1 Å².